The van der Waals surface area contributed by atoms with Crippen LogP contribution in [0.15, 0.2) is 71.8 Å². The lowest BCUT2D eigenvalue weighted by molar-refractivity contribution is 0.0751. The first-order chi connectivity index (χ1) is 17.0. The topological polar surface area (TPSA) is 77.1 Å². The summed E-state index contributed by atoms with van der Waals surface area (Å²) in [6.45, 7) is 5.69. The van der Waals surface area contributed by atoms with Crippen molar-refractivity contribution < 1.29 is 9.32 Å². The van der Waals surface area contributed by atoms with Crippen molar-refractivity contribution in [1.82, 2.24) is 24.6 Å². The van der Waals surface area contributed by atoms with Crippen LogP contribution in [0, 0.1) is 0 Å². The number of hydrogen-bond acceptors (Lipinski definition) is 5. The van der Waals surface area contributed by atoms with Gasteiger partial charge in [-0.25, -0.2) is 4.98 Å². The van der Waals surface area contributed by atoms with Gasteiger partial charge in [0.05, 0.1) is 6.20 Å². The average molecular weight is 464 g/mol. The monoisotopic (exact) mass is 463 g/mol. The molecular formula is C28H25N5O2. The molecule has 0 unspecified atom stereocenters. The van der Waals surface area contributed by atoms with Crippen LogP contribution in [0.1, 0.15) is 35.8 Å². The Bertz CT molecular complexity index is 1560. The molecule has 174 valence electrons. The fourth-order valence-corrected chi connectivity index (χ4v) is 4.79. The highest BCUT2D eigenvalue weighted by atomic mass is 16.5. The molecule has 0 bridgehead atoms. The van der Waals surface area contributed by atoms with Crippen LogP contribution < -0.4 is 0 Å². The van der Waals surface area contributed by atoms with Crippen LogP contribution in [-0.2, 0) is 6.54 Å². The number of fused-ring (bicyclic) bond motifs is 3. The van der Waals surface area contributed by atoms with Gasteiger partial charge in [0.15, 0.2) is 5.76 Å². The summed E-state index contributed by atoms with van der Waals surface area (Å²) >= 11 is 0. The van der Waals surface area contributed by atoms with Gasteiger partial charge in [-0.15, -0.1) is 0 Å². The summed E-state index contributed by atoms with van der Waals surface area (Å²) in [5.74, 6) is 1.18. The van der Waals surface area contributed by atoms with Gasteiger partial charge < -0.3 is 14.0 Å². The molecule has 0 spiro atoms. The third-order valence-electron chi connectivity index (χ3n) is 6.77. The lowest BCUT2D eigenvalue weighted by atomic mass is 9.97. The van der Waals surface area contributed by atoms with E-state index in [0.717, 1.165) is 56.7 Å². The van der Waals surface area contributed by atoms with Crippen molar-refractivity contribution in [3.8, 4) is 33.6 Å². The van der Waals surface area contributed by atoms with Crippen LogP contribution in [0.3, 0.4) is 0 Å². The van der Waals surface area contributed by atoms with E-state index >= 15 is 0 Å². The number of nitrogens with zero attached hydrogens (tertiary/aromatic N) is 5. The highest BCUT2D eigenvalue weighted by Gasteiger charge is 2.25. The van der Waals surface area contributed by atoms with Crippen molar-refractivity contribution in [3.63, 3.8) is 0 Å². The molecule has 35 heavy (non-hydrogen) atoms. The zero-order valence-electron chi connectivity index (χ0n) is 19.9. The van der Waals surface area contributed by atoms with Gasteiger partial charge in [-0.2, -0.15) is 0 Å². The number of rotatable bonds is 4. The second-order valence-corrected chi connectivity index (χ2v) is 9.31. The lowest BCUT2D eigenvalue weighted by Crippen LogP contribution is -2.36. The Morgan fingerprint density at radius 2 is 1.69 bits per heavy atom. The molecule has 4 aromatic heterocycles. The van der Waals surface area contributed by atoms with E-state index in [9.17, 15) is 4.79 Å². The Morgan fingerprint density at radius 1 is 0.914 bits per heavy atom. The van der Waals surface area contributed by atoms with Gasteiger partial charge in [0.2, 0.25) is 0 Å². The first-order valence-electron chi connectivity index (χ1n) is 11.8. The van der Waals surface area contributed by atoms with Gasteiger partial charge in [-0.1, -0.05) is 43.3 Å². The highest BCUT2D eigenvalue weighted by Crippen LogP contribution is 2.34. The number of carbonyl (C=O) groups is 1. The summed E-state index contributed by atoms with van der Waals surface area (Å²) in [5.41, 5.74) is 7.70. The molecule has 1 aromatic carbocycles. The molecule has 0 radical (unpaired) electrons. The van der Waals surface area contributed by atoms with Crippen LogP contribution in [0.4, 0.5) is 0 Å². The van der Waals surface area contributed by atoms with Crippen LogP contribution >= 0.6 is 0 Å². The summed E-state index contributed by atoms with van der Waals surface area (Å²) in [7, 11) is 1.84. The maximum atomic E-state index is 12.7. The van der Waals surface area contributed by atoms with Gasteiger partial charge in [0.25, 0.3) is 5.91 Å². The third kappa shape index (κ3) is 3.51. The summed E-state index contributed by atoms with van der Waals surface area (Å²) in [6, 6.07) is 14.4. The molecule has 7 nitrogen and oxygen atoms in total. The first kappa shape index (κ1) is 21.3. The molecule has 1 aliphatic heterocycles. The van der Waals surface area contributed by atoms with Gasteiger partial charge in [0, 0.05) is 66.4 Å². The molecule has 5 heterocycles. The van der Waals surface area contributed by atoms with E-state index in [4.69, 9.17) is 4.52 Å². The number of likely N-dealkylation sites (N-methyl/N-ethyl adjacent to an activating group) is 1. The van der Waals surface area contributed by atoms with E-state index in [1.165, 1.54) is 0 Å². The predicted octanol–water partition coefficient (Wildman–Crippen LogP) is 5.63. The summed E-state index contributed by atoms with van der Waals surface area (Å²) in [4.78, 5) is 23.6. The summed E-state index contributed by atoms with van der Waals surface area (Å²) < 4.78 is 7.55. The minimum Gasteiger partial charge on any atom is -0.356 e. The van der Waals surface area contributed by atoms with Crippen LogP contribution in [0.2, 0.25) is 0 Å². The Balaban J connectivity index is 1.38. The van der Waals surface area contributed by atoms with E-state index in [1.54, 1.807) is 17.3 Å². The maximum Gasteiger partial charge on any atom is 0.270 e. The number of amides is 1. The molecule has 7 heteroatoms. The Hall–Kier alpha value is -4.26. The molecular weight excluding hydrogens is 438 g/mol. The van der Waals surface area contributed by atoms with Crippen molar-refractivity contribution in [2.45, 2.75) is 26.3 Å². The van der Waals surface area contributed by atoms with E-state index in [1.807, 2.05) is 36.1 Å². The van der Waals surface area contributed by atoms with Crippen LogP contribution in [0.5, 0.6) is 0 Å². The smallest absolute Gasteiger partial charge is 0.270 e. The fraction of sp³-hybridized carbons (Fsp3) is 0.214. The predicted molar refractivity (Wildman–Crippen MR) is 135 cm³/mol. The Morgan fingerprint density at radius 3 is 2.49 bits per heavy atom. The molecule has 6 rings (SSSR count). The third-order valence-corrected chi connectivity index (χ3v) is 6.77. The molecule has 5 aromatic rings. The van der Waals surface area contributed by atoms with Crippen LogP contribution in [0.25, 0.3) is 44.6 Å². The van der Waals surface area contributed by atoms with Crippen molar-refractivity contribution in [2.75, 3.05) is 13.6 Å². The van der Waals surface area contributed by atoms with Gasteiger partial charge in [-0.05, 0) is 35.2 Å². The quantitative estimate of drug-likeness (QED) is 0.345. The molecule has 0 N–H and O–H groups in total. The second-order valence-electron chi connectivity index (χ2n) is 9.31. The van der Waals surface area contributed by atoms with E-state index in [0.29, 0.717) is 18.2 Å². The number of benzene rings is 1. The normalized spacial score (nSPS) is 13.6. The maximum absolute atomic E-state index is 12.7. The molecule has 0 saturated heterocycles. The van der Waals surface area contributed by atoms with Crippen molar-refractivity contribution in [1.29, 1.82) is 0 Å². The fourth-order valence-electron chi connectivity index (χ4n) is 4.79. The minimum absolute atomic E-state index is 0.0274. The highest BCUT2D eigenvalue weighted by molar-refractivity contribution is 6.03. The molecule has 0 fully saturated rings. The molecule has 0 saturated carbocycles. The SMILES string of the molecule is CC(C)c1cnoc1-c1ccc(-c2cncc(-c3ccnc4c3cc3n4CCN(C)C3=O)c2)cc1. The Kier molecular flexibility index (Phi) is 4.99. The Labute approximate surface area is 203 Å². The largest absolute Gasteiger partial charge is 0.356 e. The number of carbonyl (C=O) groups excluding carboxylic acids is 1. The first-order valence-corrected chi connectivity index (χ1v) is 11.8. The van der Waals surface area contributed by atoms with Gasteiger partial charge >= 0.3 is 0 Å². The van der Waals surface area contributed by atoms with Gasteiger partial charge in [0.1, 0.15) is 11.3 Å². The standard InChI is InChI=1S/C28H25N5O2/c1-17(2)24-16-31-35-26(24)19-6-4-18(5-7-19)20-12-21(15-29-14-20)22-8-9-30-27-23(22)13-25-28(34)32(3)10-11-33(25)27/h4-9,12-17H,10-11H2,1-3H3. The summed E-state index contributed by atoms with van der Waals surface area (Å²) in [6.07, 6.45) is 7.33. The average Bonchev–Trinajstić information content (AvgIpc) is 3.52. The van der Waals surface area contributed by atoms with Crippen LogP contribution in [-0.4, -0.2) is 44.1 Å². The molecule has 1 aliphatic rings. The number of aromatic nitrogens is 4. The number of hydrogen-bond donors (Lipinski definition) is 0. The van der Waals surface area contributed by atoms with E-state index in [-0.39, 0.29) is 5.91 Å². The molecule has 0 atom stereocenters. The zero-order chi connectivity index (χ0) is 24.1. The van der Waals surface area contributed by atoms with Gasteiger partial charge in [-0.3, -0.25) is 9.78 Å². The van der Waals surface area contributed by atoms with Crippen molar-refractivity contribution >= 4 is 16.9 Å². The van der Waals surface area contributed by atoms with E-state index in [2.05, 4.69) is 59.3 Å². The van der Waals surface area contributed by atoms with E-state index < -0.39 is 0 Å². The second kappa shape index (κ2) is 8.20. The lowest BCUT2D eigenvalue weighted by Gasteiger charge is -2.24. The number of pyridine rings is 2. The van der Waals surface area contributed by atoms with Crippen molar-refractivity contribution in [3.05, 3.63) is 78.5 Å². The summed E-state index contributed by atoms with van der Waals surface area (Å²) in [5, 5.41) is 4.95. The van der Waals surface area contributed by atoms with Crippen molar-refractivity contribution in [2.24, 2.45) is 0 Å². The zero-order valence-corrected chi connectivity index (χ0v) is 19.9. The molecule has 0 aliphatic carbocycles. The minimum atomic E-state index is 0.0274. The molecule has 1 amide bonds.